The van der Waals surface area contributed by atoms with E-state index in [1.54, 1.807) is 0 Å². The van der Waals surface area contributed by atoms with Crippen molar-refractivity contribution in [3.63, 3.8) is 0 Å². The predicted molar refractivity (Wildman–Crippen MR) is 143 cm³/mol. The van der Waals surface area contributed by atoms with Gasteiger partial charge in [0.15, 0.2) is 22.6 Å². The van der Waals surface area contributed by atoms with Gasteiger partial charge in [-0.25, -0.2) is 4.75 Å². The second kappa shape index (κ2) is 8.95. The van der Waals surface area contributed by atoms with Crippen LogP contribution in [0.15, 0.2) is 95.2 Å². The Bertz CT molecular complexity index is 1490. The van der Waals surface area contributed by atoms with E-state index in [-0.39, 0.29) is 5.69 Å². The van der Waals surface area contributed by atoms with E-state index in [9.17, 15) is 14.7 Å². The zero-order valence-corrected chi connectivity index (χ0v) is 22.4. The van der Waals surface area contributed by atoms with Crippen molar-refractivity contribution in [2.75, 3.05) is 7.11 Å². The number of halogens is 1. The molecule has 186 valence electrons. The summed E-state index contributed by atoms with van der Waals surface area (Å²) >= 11 is 3.46. The molecule has 2 aliphatic rings. The molecule has 1 aliphatic heterocycles. The van der Waals surface area contributed by atoms with Crippen LogP contribution >= 0.6 is 23.6 Å². The van der Waals surface area contributed by atoms with Gasteiger partial charge in [0.2, 0.25) is 5.78 Å². The second-order valence-electron chi connectivity index (χ2n) is 9.35. The molecule has 5 unspecified atom stereocenters. The lowest BCUT2D eigenvalue weighted by Gasteiger charge is -2.64. The summed E-state index contributed by atoms with van der Waals surface area (Å²) in [7, 11) is 0.179. The van der Waals surface area contributed by atoms with Crippen LogP contribution in [0.4, 0.5) is 0 Å². The Balaban J connectivity index is 1.55. The third-order valence-electron chi connectivity index (χ3n) is 7.42. The van der Waals surface area contributed by atoms with Crippen LogP contribution in [0.1, 0.15) is 33.1 Å². The SMILES string of the molecule is COC(=O)C1C(c2ccccc2)C2(c3ccc(Br)cc3)Oc3cp(Cc4ccccc4)nc3C(=O)C12O. The monoisotopic (exact) mass is 575 g/mol. The summed E-state index contributed by atoms with van der Waals surface area (Å²) in [5.41, 5.74) is -1.17. The molecule has 0 bridgehead atoms. The number of methoxy groups -OCH3 is 1. The van der Waals surface area contributed by atoms with Gasteiger partial charge in [0.25, 0.3) is 0 Å². The number of ether oxygens (including phenoxy) is 2. The van der Waals surface area contributed by atoms with E-state index in [0.29, 0.717) is 17.5 Å². The minimum Gasteiger partial charge on any atom is -0.475 e. The highest BCUT2D eigenvalue weighted by Crippen LogP contribution is 2.68. The number of Topliss-reactive ketones (excluding diaryl/α,β-unsaturated/α-hetero) is 1. The van der Waals surface area contributed by atoms with Crippen LogP contribution in [0.2, 0.25) is 0 Å². The van der Waals surface area contributed by atoms with Crippen LogP contribution in [0.25, 0.3) is 0 Å². The van der Waals surface area contributed by atoms with E-state index in [2.05, 4.69) is 15.9 Å². The number of esters is 1. The molecule has 2 heterocycles. The van der Waals surface area contributed by atoms with Gasteiger partial charge in [-0.15, -0.1) is 0 Å². The van der Waals surface area contributed by atoms with Gasteiger partial charge in [-0.3, -0.25) is 9.59 Å². The van der Waals surface area contributed by atoms with Gasteiger partial charge < -0.3 is 14.6 Å². The lowest BCUT2D eigenvalue weighted by Crippen LogP contribution is -2.80. The zero-order valence-electron chi connectivity index (χ0n) is 19.9. The van der Waals surface area contributed by atoms with Gasteiger partial charge in [0.1, 0.15) is 5.92 Å². The first kappa shape index (κ1) is 24.1. The summed E-state index contributed by atoms with van der Waals surface area (Å²) in [4.78, 5) is 27.3. The summed E-state index contributed by atoms with van der Waals surface area (Å²) in [5.74, 6) is -0.833. The van der Waals surface area contributed by atoms with E-state index in [1.165, 1.54) is 7.11 Å². The van der Waals surface area contributed by atoms with Crippen LogP contribution in [-0.4, -0.2) is 34.3 Å². The minimum atomic E-state index is -2.19. The number of rotatable bonds is 5. The third kappa shape index (κ3) is 3.45. The lowest BCUT2D eigenvalue weighted by atomic mass is 9.44. The largest absolute Gasteiger partial charge is 0.475 e. The molecule has 6 nitrogen and oxygen atoms in total. The van der Waals surface area contributed by atoms with Crippen LogP contribution < -0.4 is 4.74 Å². The molecule has 0 saturated heterocycles. The molecular formula is C29H23BrNO5P. The number of hydrogen-bond acceptors (Lipinski definition) is 6. The van der Waals surface area contributed by atoms with Crippen molar-refractivity contribution in [1.82, 2.24) is 4.75 Å². The molecule has 5 atom stereocenters. The molecule has 3 aromatic carbocycles. The Morgan fingerprint density at radius 3 is 2.35 bits per heavy atom. The summed E-state index contributed by atoms with van der Waals surface area (Å²) in [6, 6.07) is 26.6. The second-order valence-corrected chi connectivity index (χ2v) is 11.9. The van der Waals surface area contributed by atoms with Crippen LogP contribution in [-0.2, 0) is 21.3 Å². The molecule has 8 heteroatoms. The Morgan fingerprint density at radius 1 is 1.05 bits per heavy atom. The molecule has 0 spiro atoms. The number of ketones is 1. The molecule has 4 aromatic rings. The number of carbonyl (C=O) groups excluding carboxylic acids is 2. The molecule has 37 heavy (non-hydrogen) atoms. The Labute approximate surface area is 223 Å². The first-order valence-corrected chi connectivity index (χ1v) is 14.2. The Kier molecular flexibility index (Phi) is 5.83. The van der Waals surface area contributed by atoms with Crippen LogP contribution in [0, 0.1) is 5.92 Å². The van der Waals surface area contributed by atoms with Crippen molar-refractivity contribution in [2.24, 2.45) is 5.92 Å². The fourth-order valence-electron chi connectivity index (χ4n) is 5.82. The average molecular weight is 576 g/mol. The summed E-state index contributed by atoms with van der Waals surface area (Å²) in [6.07, 6.45) is 0.645. The number of hydrogen-bond donors (Lipinski definition) is 1. The topological polar surface area (TPSA) is 85.7 Å². The molecule has 0 radical (unpaired) electrons. The fraction of sp³-hybridized carbons (Fsp3) is 0.207. The maximum absolute atomic E-state index is 14.1. The predicted octanol–water partition coefficient (Wildman–Crippen LogP) is 5.67. The highest BCUT2D eigenvalue weighted by atomic mass is 79.9. The van der Waals surface area contributed by atoms with Crippen molar-refractivity contribution in [3.8, 4) is 5.75 Å². The first-order chi connectivity index (χ1) is 17.9. The minimum absolute atomic E-state index is 0.0951. The number of aromatic nitrogens is 1. The van der Waals surface area contributed by atoms with Gasteiger partial charge in [0, 0.05) is 22.4 Å². The molecule has 1 N–H and O–H groups in total. The number of fused-ring (bicyclic) bond motifs is 2. The summed E-state index contributed by atoms with van der Waals surface area (Å²) in [6.45, 7) is 0. The molecule has 1 saturated carbocycles. The maximum Gasteiger partial charge on any atom is 0.313 e. The standard InChI is InChI=1S/C29H23BrNO5P/c1-35-27(33)24-23(19-10-6-3-7-11-19)29(20-12-14-21(30)15-13-20)28(24,34)26(32)25-22(36-29)17-37(31-25)16-18-8-4-2-5-9-18/h2-15,17,23-24,34H,16H2,1H3. The van der Waals surface area contributed by atoms with Gasteiger partial charge >= 0.3 is 5.97 Å². The van der Waals surface area contributed by atoms with E-state index < -0.39 is 42.5 Å². The van der Waals surface area contributed by atoms with Crippen LogP contribution in [0.3, 0.4) is 0 Å². The van der Waals surface area contributed by atoms with E-state index >= 15 is 0 Å². The number of aliphatic hydroxyl groups is 1. The molecular weight excluding hydrogens is 553 g/mol. The van der Waals surface area contributed by atoms with E-state index in [4.69, 9.17) is 14.2 Å². The average Bonchev–Trinajstić information content (AvgIpc) is 3.32. The van der Waals surface area contributed by atoms with Gasteiger partial charge in [-0.05, 0) is 36.5 Å². The van der Waals surface area contributed by atoms with Gasteiger partial charge in [-0.2, -0.15) is 0 Å². The summed E-state index contributed by atoms with van der Waals surface area (Å²) < 4.78 is 17.4. The zero-order chi connectivity index (χ0) is 25.8. The van der Waals surface area contributed by atoms with E-state index in [1.807, 2.05) is 90.7 Å². The van der Waals surface area contributed by atoms with Crippen molar-refractivity contribution in [2.45, 2.75) is 23.3 Å². The molecule has 1 aliphatic carbocycles. The number of benzene rings is 3. The first-order valence-electron chi connectivity index (χ1n) is 11.9. The van der Waals surface area contributed by atoms with Crippen LogP contribution in [0.5, 0.6) is 5.75 Å². The Hall–Kier alpha value is -3.25. The normalized spacial score (nSPS) is 26.4. The molecule has 1 fully saturated rings. The highest BCUT2D eigenvalue weighted by Gasteiger charge is 2.82. The van der Waals surface area contributed by atoms with Crippen molar-refractivity contribution < 1.29 is 24.2 Å². The maximum atomic E-state index is 14.1. The molecule has 6 rings (SSSR count). The quantitative estimate of drug-likeness (QED) is 0.309. The number of carbonyl (C=O) groups is 2. The van der Waals surface area contributed by atoms with Crippen molar-refractivity contribution in [1.29, 1.82) is 0 Å². The highest BCUT2D eigenvalue weighted by molar-refractivity contribution is 9.10. The molecule has 1 aromatic heterocycles. The van der Waals surface area contributed by atoms with E-state index in [0.717, 1.165) is 15.6 Å². The van der Waals surface area contributed by atoms with Gasteiger partial charge in [0.05, 0.1) is 7.11 Å². The third-order valence-corrected chi connectivity index (χ3v) is 9.63. The van der Waals surface area contributed by atoms with Crippen molar-refractivity contribution >= 4 is 35.4 Å². The van der Waals surface area contributed by atoms with Gasteiger partial charge in [-0.1, -0.05) is 88.7 Å². The fourth-order valence-corrected chi connectivity index (χ4v) is 7.78. The lowest BCUT2D eigenvalue weighted by molar-refractivity contribution is -0.251. The molecule has 0 amide bonds. The Morgan fingerprint density at radius 2 is 1.70 bits per heavy atom. The smallest absolute Gasteiger partial charge is 0.313 e. The van der Waals surface area contributed by atoms with Crippen molar-refractivity contribution in [3.05, 3.63) is 118 Å². The summed E-state index contributed by atoms with van der Waals surface area (Å²) in [5, 5.41) is 12.3. The number of nitrogens with zero attached hydrogens (tertiary/aromatic N) is 1.